The van der Waals surface area contributed by atoms with E-state index in [4.69, 9.17) is 4.74 Å². The summed E-state index contributed by atoms with van der Waals surface area (Å²) in [7, 11) is 1.62. The summed E-state index contributed by atoms with van der Waals surface area (Å²) in [4.78, 5) is 0.733. The van der Waals surface area contributed by atoms with Crippen LogP contribution in [0.3, 0.4) is 0 Å². The predicted molar refractivity (Wildman–Crippen MR) is 108 cm³/mol. The zero-order valence-electron chi connectivity index (χ0n) is 15.2. The fourth-order valence-corrected chi connectivity index (χ4v) is 3.89. The third-order valence-corrected chi connectivity index (χ3v) is 5.47. The maximum atomic E-state index is 13.0. The van der Waals surface area contributed by atoms with Crippen LogP contribution in [0.4, 0.5) is 0 Å². The molecule has 0 heterocycles. The lowest BCUT2D eigenvalue weighted by Gasteiger charge is -2.13. The smallest absolute Gasteiger partial charge is 0.168 e. The Balaban J connectivity index is 1.85. The molecule has 0 saturated heterocycles. The van der Waals surface area contributed by atoms with Gasteiger partial charge in [-0.15, -0.1) is 0 Å². The first-order valence-electron chi connectivity index (χ1n) is 8.48. The van der Waals surface area contributed by atoms with Crippen LogP contribution in [0.15, 0.2) is 71.6 Å². The van der Waals surface area contributed by atoms with Crippen LogP contribution in [0, 0.1) is 18.8 Å². The van der Waals surface area contributed by atoms with Crippen molar-refractivity contribution < 1.29 is 14.4 Å². The van der Waals surface area contributed by atoms with Crippen molar-refractivity contribution in [1.29, 1.82) is 0 Å². The van der Waals surface area contributed by atoms with E-state index in [0.717, 1.165) is 32.9 Å². The minimum atomic E-state index is -1.21. The molecular weight excluding hydrogens is 356 g/mol. The lowest BCUT2D eigenvalue weighted by atomic mass is 10.1. The maximum absolute atomic E-state index is 13.0. The number of methoxy groups -OCH3 is 1. The average molecular weight is 376 g/mol. The molecule has 0 bridgehead atoms. The average Bonchev–Trinajstić information content (AvgIpc) is 2.68. The third kappa shape index (κ3) is 5.07. The zero-order chi connectivity index (χ0) is 19.2. The zero-order valence-corrected chi connectivity index (χ0v) is 16.0. The van der Waals surface area contributed by atoms with E-state index < -0.39 is 11.2 Å². The Morgan fingerprint density at radius 1 is 0.963 bits per heavy atom. The highest BCUT2D eigenvalue weighted by Crippen LogP contribution is 2.23. The van der Waals surface area contributed by atoms with Crippen molar-refractivity contribution >= 4 is 11.2 Å². The van der Waals surface area contributed by atoms with Gasteiger partial charge in [0.1, 0.15) is 17.3 Å². The second-order valence-corrected chi connectivity index (χ2v) is 7.55. The molecule has 1 N–H and O–H groups in total. The molecule has 0 spiro atoms. The molecule has 0 aromatic heterocycles. The second kappa shape index (κ2) is 8.68. The Morgan fingerprint density at radius 3 is 2.33 bits per heavy atom. The van der Waals surface area contributed by atoms with Crippen LogP contribution in [0.5, 0.6) is 11.5 Å². The molecule has 0 saturated carbocycles. The van der Waals surface area contributed by atoms with Crippen molar-refractivity contribution in [1.82, 2.24) is 0 Å². The highest BCUT2D eigenvalue weighted by molar-refractivity contribution is 7.90. The minimum absolute atomic E-state index is 0.206. The Labute approximate surface area is 162 Å². The number of aryl methyl sites for hydroxylation is 1. The normalized spacial score (nSPS) is 11.4. The molecule has 0 radical (unpaired) electrons. The molecule has 1 unspecified atom stereocenters. The van der Waals surface area contributed by atoms with Crippen LogP contribution in [0.1, 0.15) is 22.3 Å². The van der Waals surface area contributed by atoms with Gasteiger partial charge in [-0.2, -0.15) is 0 Å². The Morgan fingerprint density at radius 2 is 1.67 bits per heavy atom. The van der Waals surface area contributed by atoms with Gasteiger partial charge in [0.15, 0.2) is 4.90 Å². The summed E-state index contributed by atoms with van der Waals surface area (Å²) in [6.45, 7) is 1.98. The molecule has 0 aliphatic heterocycles. The first-order valence-corrected chi connectivity index (χ1v) is 9.80. The molecule has 136 valence electrons. The van der Waals surface area contributed by atoms with Crippen molar-refractivity contribution in [2.45, 2.75) is 17.6 Å². The van der Waals surface area contributed by atoms with E-state index in [2.05, 4.69) is 11.8 Å². The lowest BCUT2D eigenvalue weighted by Crippen LogP contribution is -2.07. The van der Waals surface area contributed by atoms with Gasteiger partial charge in [-0.1, -0.05) is 30.0 Å². The molecule has 3 nitrogen and oxygen atoms in total. The molecule has 3 aromatic rings. The first-order chi connectivity index (χ1) is 13.0. The summed E-state index contributed by atoms with van der Waals surface area (Å²) in [5.41, 5.74) is 3.57. The molecule has 3 aromatic carbocycles. The fourth-order valence-electron chi connectivity index (χ4n) is 2.56. The lowest BCUT2D eigenvalue weighted by molar-refractivity contribution is 0.414. The highest BCUT2D eigenvalue weighted by Gasteiger charge is 2.16. The van der Waals surface area contributed by atoms with E-state index in [1.165, 1.54) is 0 Å². The number of ether oxygens (including phenoxy) is 1. The van der Waals surface area contributed by atoms with Crippen LogP contribution in [-0.4, -0.2) is 16.8 Å². The third-order valence-electron chi connectivity index (χ3n) is 4.05. The quantitative estimate of drug-likeness (QED) is 0.542. The van der Waals surface area contributed by atoms with Gasteiger partial charge in [-0.05, 0) is 72.2 Å². The molecule has 4 heteroatoms. The SMILES string of the molecule is COc1ccc(C[S+]([O-])c2cc(C)ccc2C#Cc2ccc(O)cc2)cc1. The predicted octanol–water partition coefficient (Wildman–Crippen LogP) is 4.42. The van der Waals surface area contributed by atoms with Gasteiger partial charge in [0, 0.05) is 11.1 Å². The van der Waals surface area contributed by atoms with Gasteiger partial charge >= 0.3 is 0 Å². The van der Waals surface area contributed by atoms with E-state index in [1.807, 2.05) is 49.4 Å². The summed E-state index contributed by atoms with van der Waals surface area (Å²) < 4.78 is 18.1. The molecule has 1 atom stereocenters. The van der Waals surface area contributed by atoms with Gasteiger partial charge in [-0.3, -0.25) is 0 Å². The first kappa shape index (κ1) is 18.9. The topological polar surface area (TPSA) is 52.5 Å². The van der Waals surface area contributed by atoms with Crippen LogP contribution in [-0.2, 0) is 16.9 Å². The van der Waals surface area contributed by atoms with Gasteiger partial charge in [0.2, 0.25) is 0 Å². The Hall–Kier alpha value is -2.87. The van der Waals surface area contributed by atoms with E-state index in [1.54, 1.807) is 31.4 Å². The monoisotopic (exact) mass is 376 g/mol. The van der Waals surface area contributed by atoms with Crippen LogP contribution in [0.25, 0.3) is 0 Å². The molecule has 3 rings (SSSR count). The van der Waals surface area contributed by atoms with Gasteiger partial charge in [0.05, 0.1) is 12.7 Å². The number of hydrogen-bond acceptors (Lipinski definition) is 3. The highest BCUT2D eigenvalue weighted by atomic mass is 32.2. The second-order valence-electron chi connectivity index (χ2n) is 6.13. The van der Waals surface area contributed by atoms with E-state index in [9.17, 15) is 9.66 Å². The molecule has 0 fully saturated rings. The van der Waals surface area contributed by atoms with E-state index in [0.29, 0.717) is 5.75 Å². The van der Waals surface area contributed by atoms with Gasteiger partial charge < -0.3 is 14.4 Å². The van der Waals surface area contributed by atoms with Crippen molar-refractivity contribution in [3.8, 4) is 23.3 Å². The molecule has 0 aliphatic rings. The summed E-state index contributed by atoms with van der Waals surface area (Å²) in [6, 6.07) is 20.1. The van der Waals surface area contributed by atoms with Gasteiger partial charge in [0.25, 0.3) is 0 Å². The number of rotatable bonds is 4. The number of aromatic hydroxyl groups is 1. The Bertz CT molecular complexity index is 967. The standard InChI is InChI=1S/C23H20O3S/c1-17-3-9-20(10-4-18-5-11-21(24)12-6-18)23(15-17)27(25)16-19-7-13-22(26-2)14-8-19/h3,5-9,11-15,24H,16H2,1-2H3. The van der Waals surface area contributed by atoms with Gasteiger partial charge in [-0.25, -0.2) is 0 Å². The number of benzene rings is 3. The van der Waals surface area contributed by atoms with Crippen molar-refractivity contribution in [3.63, 3.8) is 0 Å². The minimum Gasteiger partial charge on any atom is -0.611 e. The molecule has 0 aliphatic carbocycles. The van der Waals surface area contributed by atoms with Crippen molar-refractivity contribution in [2.75, 3.05) is 7.11 Å². The van der Waals surface area contributed by atoms with Crippen LogP contribution < -0.4 is 4.74 Å². The largest absolute Gasteiger partial charge is 0.611 e. The summed E-state index contributed by atoms with van der Waals surface area (Å²) >= 11 is -1.21. The maximum Gasteiger partial charge on any atom is 0.168 e. The summed E-state index contributed by atoms with van der Waals surface area (Å²) in [6.07, 6.45) is 0. The fraction of sp³-hybridized carbons (Fsp3) is 0.130. The Kier molecular flexibility index (Phi) is 6.08. The van der Waals surface area contributed by atoms with Crippen molar-refractivity contribution in [2.24, 2.45) is 0 Å². The van der Waals surface area contributed by atoms with Crippen molar-refractivity contribution in [3.05, 3.63) is 89.0 Å². The molecular formula is C23H20O3S. The molecule has 27 heavy (non-hydrogen) atoms. The van der Waals surface area contributed by atoms with E-state index >= 15 is 0 Å². The summed E-state index contributed by atoms with van der Waals surface area (Å²) in [5.74, 6) is 7.59. The number of hydrogen-bond donors (Lipinski definition) is 1. The van der Waals surface area contributed by atoms with Crippen LogP contribution >= 0.6 is 0 Å². The van der Waals surface area contributed by atoms with E-state index in [-0.39, 0.29) is 5.75 Å². The number of phenolic OH excluding ortho intramolecular Hbond substituents is 1. The van der Waals surface area contributed by atoms with Crippen LogP contribution in [0.2, 0.25) is 0 Å². The number of phenols is 1. The summed E-state index contributed by atoms with van der Waals surface area (Å²) in [5, 5.41) is 9.37. The molecule has 0 amide bonds.